The number of allylic oxidation sites excluding steroid dienone is 1. The first-order valence-electron chi connectivity index (χ1n) is 3.74. The average molecular weight is 156 g/mol. The van der Waals surface area contributed by atoms with Gasteiger partial charge in [-0.3, -0.25) is 0 Å². The predicted molar refractivity (Wildman–Crippen MR) is 40.3 cm³/mol. The van der Waals surface area contributed by atoms with Crippen molar-refractivity contribution in [1.82, 2.24) is 0 Å². The maximum Gasteiger partial charge on any atom is 0.508 e. The summed E-state index contributed by atoms with van der Waals surface area (Å²) >= 11 is 0. The van der Waals surface area contributed by atoms with Crippen LogP contribution in [0.3, 0.4) is 0 Å². The van der Waals surface area contributed by atoms with Gasteiger partial charge in [0.15, 0.2) is 0 Å². The molecule has 1 atom stereocenters. The van der Waals surface area contributed by atoms with Gasteiger partial charge in [-0.05, 0) is 25.3 Å². The minimum atomic E-state index is -0.596. The molecular weight excluding hydrogens is 144 g/mol. The van der Waals surface area contributed by atoms with E-state index in [1.165, 1.54) is 7.11 Å². The summed E-state index contributed by atoms with van der Waals surface area (Å²) < 4.78 is 9.25. The van der Waals surface area contributed by atoms with Crippen LogP contribution in [0.4, 0.5) is 4.79 Å². The van der Waals surface area contributed by atoms with Crippen LogP contribution in [0.1, 0.15) is 19.3 Å². The lowest BCUT2D eigenvalue weighted by Gasteiger charge is -2.15. The third-order valence-corrected chi connectivity index (χ3v) is 1.62. The normalized spacial score (nSPS) is 22.8. The Balaban J connectivity index is 2.30. The molecule has 0 saturated carbocycles. The Morgan fingerprint density at radius 3 is 3.00 bits per heavy atom. The van der Waals surface area contributed by atoms with Gasteiger partial charge >= 0.3 is 6.16 Å². The number of hydrogen-bond acceptors (Lipinski definition) is 3. The van der Waals surface area contributed by atoms with E-state index in [1.54, 1.807) is 0 Å². The van der Waals surface area contributed by atoms with Crippen LogP contribution in [0, 0.1) is 0 Å². The zero-order chi connectivity index (χ0) is 8.10. The molecule has 1 rings (SSSR count). The monoisotopic (exact) mass is 156 g/mol. The van der Waals surface area contributed by atoms with Crippen LogP contribution in [0.5, 0.6) is 0 Å². The highest BCUT2D eigenvalue weighted by molar-refractivity contribution is 5.60. The third kappa shape index (κ3) is 2.62. The molecule has 1 aliphatic rings. The van der Waals surface area contributed by atoms with Gasteiger partial charge in [-0.25, -0.2) is 4.79 Å². The van der Waals surface area contributed by atoms with E-state index in [-0.39, 0.29) is 6.10 Å². The molecule has 0 N–H and O–H groups in total. The SMILES string of the molecule is COC(=O)OC1C=CCCC1. The molecule has 3 nitrogen and oxygen atoms in total. The highest BCUT2D eigenvalue weighted by atomic mass is 16.7. The van der Waals surface area contributed by atoms with Crippen molar-refractivity contribution in [2.45, 2.75) is 25.4 Å². The fourth-order valence-electron chi connectivity index (χ4n) is 1.05. The van der Waals surface area contributed by atoms with Crippen LogP contribution in [-0.4, -0.2) is 19.4 Å². The van der Waals surface area contributed by atoms with Gasteiger partial charge in [-0.2, -0.15) is 0 Å². The van der Waals surface area contributed by atoms with Crippen LogP contribution >= 0.6 is 0 Å². The van der Waals surface area contributed by atoms with E-state index in [9.17, 15) is 4.79 Å². The average Bonchev–Trinajstić information content (AvgIpc) is 2.06. The van der Waals surface area contributed by atoms with Crippen molar-refractivity contribution in [1.29, 1.82) is 0 Å². The van der Waals surface area contributed by atoms with Crippen LogP contribution in [0.25, 0.3) is 0 Å². The largest absolute Gasteiger partial charge is 0.508 e. The fourth-order valence-corrected chi connectivity index (χ4v) is 1.05. The Hall–Kier alpha value is -0.990. The lowest BCUT2D eigenvalue weighted by atomic mass is 10.1. The lowest BCUT2D eigenvalue weighted by molar-refractivity contribution is 0.0482. The standard InChI is InChI=1S/C8H12O3/c1-10-8(9)11-7-5-3-2-4-6-7/h3,5,7H,2,4,6H2,1H3. The van der Waals surface area contributed by atoms with Crippen molar-refractivity contribution in [2.75, 3.05) is 7.11 Å². The molecule has 11 heavy (non-hydrogen) atoms. The number of carbonyl (C=O) groups excluding carboxylic acids is 1. The fraction of sp³-hybridized carbons (Fsp3) is 0.625. The van der Waals surface area contributed by atoms with Crippen molar-refractivity contribution in [3.8, 4) is 0 Å². The molecule has 0 aromatic carbocycles. The topological polar surface area (TPSA) is 35.5 Å². The Morgan fingerprint density at radius 2 is 2.45 bits per heavy atom. The van der Waals surface area contributed by atoms with Crippen molar-refractivity contribution in [3.63, 3.8) is 0 Å². The number of rotatable bonds is 1. The van der Waals surface area contributed by atoms with Crippen LogP contribution in [0.2, 0.25) is 0 Å². The van der Waals surface area contributed by atoms with Crippen LogP contribution in [0.15, 0.2) is 12.2 Å². The molecule has 0 heterocycles. The molecule has 0 aromatic heterocycles. The van der Waals surface area contributed by atoms with Crippen LogP contribution < -0.4 is 0 Å². The summed E-state index contributed by atoms with van der Waals surface area (Å²) in [5.74, 6) is 0. The maximum atomic E-state index is 10.6. The summed E-state index contributed by atoms with van der Waals surface area (Å²) in [5, 5.41) is 0. The highest BCUT2D eigenvalue weighted by Gasteiger charge is 2.12. The Labute approximate surface area is 66.0 Å². The van der Waals surface area contributed by atoms with Crippen molar-refractivity contribution >= 4 is 6.16 Å². The molecule has 0 spiro atoms. The van der Waals surface area contributed by atoms with Gasteiger partial charge in [0.1, 0.15) is 6.10 Å². The van der Waals surface area contributed by atoms with Crippen molar-refractivity contribution in [3.05, 3.63) is 12.2 Å². The number of ether oxygens (including phenoxy) is 2. The van der Waals surface area contributed by atoms with Gasteiger partial charge in [0, 0.05) is 0 Å². The Bertz CT molecular complexity index is 163. The highest BCUT2D eigenvalue weighted by Crippen LogP contribution is 2.13. The molecule has 0 aromatic rings. The van der Waals surface area contributed by atoms with E-state index >= 15 is 0 Å². The van der Waals surface area contributed by atoms with E-state index in [0.29, 0.717) is 0 Å². The number of hydrogen-bond donors (Lipinski definition) is 0. The zero-order valence-electron chi connectivity index (χ0n) is 6.58. The molecular formula is C8H12O3. The molecule has 1 aliphatic carbocycles. The molecule has 62 valence electrons. The second kappa shape index (κ2) is 4.01. The smallest absolute Gasteiger partial charge is 0.438 e. The first-order chi connectivity index (χ1) is 5.33. The van der Waals surface area contributed by atoms with Gasteiger partial charge in [0.05, 0.1) is 7.11 Å². The van der Waals surface area contributed by atoms with Gasteiger partial charge in [0.25, 0.3) is 0 Å². The Morgan fingerprint density at radius 1 is 1.64 bits per heavy atom. The minimum absolute atomic E-state index is 0.0730. The lowest BCUT2D eigenvalue weighted by Crippen LogP contribution is -2.17. The van der Waals surface area contributed by atoms with Crippen molar-refractivity contribution < 1.29 is 14.3 Å². The van der Waals surface area contributed by atoms with Gasteiger partial charge in [0.2, 0.25) is 0 Å². The summed E-state index contributed by atoms with van der Waals surface area (Å²) in [4.78, 5) is 10.6. The quantitative estimate of drug-likeness (QED) is 0.429. The first kappa shape index (κ1) is 8.11. The molecule has 0 fully saturated rings. The molecule has 0 radical (unpaired) electrons. The molecule has 0 amide bonds. The second-order valence-corrected chi connectivity index (χ2v) is 2.47. The summed E-state index contributed by atoms with van der Waals surface area (Å²) in [7, 11) is 1.31. The first-order valence-corrected chi connectivity index (χ1v) is 3.74. The summed E-state index contributed by atoms with van der Waals surface area (Å²) in [5.41, 5.74) is 0. The second-order valence-electron chi connectivity index (χ2n) is 2.47. The van der Waals surface area contributed by atoms with E-state index in [1.807, 2.05) is 12.2 Å². The van der Waals surface area contributed by atoms with E-state index in [4.69, 9.17) is 4.74 Å². The van der Waals surface area contributed by atoms with Gasteiger partial charge < -0.3 is 9.47 Å². The molecule has 0 bridgehead atoms. The van der Waals surface area contributed by atoms with E-state index < -0.39 is 6.16 Å². The van der Waals surface area contributed by atoms with Gasteiger partial charge in [-0.1, -0.05) is 6.08 Å². The molecule has 3 heteroatoms. The van der Waals surface area contributed by atoms with Gasteiger partial charge in [-0.15, -0.1) is 0 Å². The zero-order valence-corrected chi connectivity index (χ0v) is 6.58. The summed E-state index contributed by atoms with van der Waals surface area (Å²) in [6, 6.07) is 0. The maximum absolute atomic E-state index is 10.6. The van der Waals surface area contributed by atoms with Crippen LogP contribution in [-0.2, 0) is 9.47 Å². The predicted octanol–water partition coefficient (Wildman–Crippen LogP) is 1.88. The molecule has 0 saturated heterocycles. The molecule has 0 aliphatic heterocycles. The third-order valence-electron chi connectivity index (χ3n) is 1.62. The Kier molecular flexibility index (Phi) is 2.95. The summed E-state index contributed by atoms with van der Waals surface area (Å²) in [6.45, 7) is 0. The molecule has 1 unspecified atom stereocenters. The summed E-state index contributed by atoms with van der Waals surface area (Å²) in [6.07, 6.45) is 6.33. The number of methoxy groups -OCH3 is 1. The van der Waals surface area contributed by atoms with E-state index in [0.717, 1.165) is 19.3 Å². The minimum Gasteiger partial charge on any atom is -0.438 e. The van der Waals surface area contributed by atoms with Crippen molar-refractivity contribution in [2.24, 2.45) is 0 Å². The van der Waals surface area contributed by atoms with E-state index in [2.05, 4.69) is 4.74 Å². The number of carbonyl (C=O) groups is 1.